The van der Waals surface area contributed by atoms with Crippen LogP contribution in [0.4, 0.5) is 0 Å². The van der Waals surface area contributed by atoms with Gasteiger partial charge in [-0.05, 0) is 44.7 Å². The molecule has 2 saturated heterocycles. The highest BCUT2D eigenvalue weighted by molar-refractivity contribution is 6.10. The van der Waals surface area contributed by atoms with Crippen molar-refractivity contribution in [3.63, 3.8) is 0 Å². The van der Waals surface area contributed by atoms with Crippen LogP contribution in [0.1, 0.15) is 32.6 Å². The van der Waals surface area contributed by atoms with Crippen molar-refractivity contribution in [2.45, 2.75) is 38.1 Å². The minimum Gasteiger partial charge on any atom is -0.303 e. The molecule has 3 rings (SSSR count). The third-order valence-corrected chi connectivity index (χ3v) is 4.52. The van der Waals surface area contributed by atoms with E-state index in [2.05, 4.69) is 17.5 Å². The van der Waals surface area contributed by atoms with Gasteiger partial charge in [0.15, 0.2) is 0 Å². The highest BCUT2D eigenvalue weighted by atomic mass is 16.2. The van der Waals surface area contributed by atoms with Crippen LogP contribution in [-0.4, -0.2) is 35.3 Å². The van der Waals surface area contributed by atoms with Crippen LogP contribution in [0.2, 0.25) is 0 Å². The van der Waals surface area contributed by atoms with Crippen LogP contribution in [0.25, 0.3) is 0 Å². The Balaban J connectivity index is 1.82. The number of rotatable bonds is 2. The quantitative estimate of drug-likeness (QED) is 0.763. The van der Waals surface area contributed by atoms with Gasteiger partial charge in [0.2, 0.25) is 11.8 Å². The highest BCUT2D eigenvalue weighted by Gasteiger charge is 2.56. The molecular formula is C15H20N2O2. The summed E-state index contributed by atoms with van der Waals surface area (Å²) in [6.07, 6.45) is 10.1. The summed E-state index contributed by atoms with van der Waals surface area (Å²) in [5, 5.41) is 3.26. The summed E-state index contributed by atoms with van der Waals surface area (Å²) in [4.78, 5) is 26.4. The molecule has 2 atom stereocenters. The SMILES string of the molecule is CC12NCCCC1C(=O)N(CC1=CCCC=C1)C2=O. The second-order valence-electron chi connectivity index (χ2n) is 5.81. The lowest BCUT2D eigenvalue weighted by molar-refractivity contribution is -0.139. The van der Waals surface area contributed by atoms with Crippen LogP contribution >= 0.6 is 0 Å². The Morgan fingerprint density at radius 1 is 1.42 bits per heavy atom. The molecule has 2 aliphatic heterocycles. The summed E-state index contributed by atoms with van der Waals surface area (Å²) < 4.78 is 0. The topological polar surface area (TPSA) is 49.4 Å². The standard InChI is InChI=1S/C15H20N2O2/c1-15-12(8-5-9-16-15)13(18)17(14(15)19)10-11-6-3-2-4-7-11/h3,6-7,12,16H,2,4-5,8-10H2,1H3. The van der Waals surface area contributed by atoms with Crippen molar-refractivity contribution in [2.24, 2.45) is 5.92 Å². The molecule has 0 aromatic carbocycles. The molecule has 0 radical (unpaired) electrons. The Morgan fingerprint density at radius 3 is 2.95 bits per heavy atom. The van der Waals surface area contributed by atoms with Crippen LogP contribution < -0.4 is 5.32 Å². The van der Waals surface area contributed by atoms with E-state index in [0.29, 0.717) is 6.54 Å². The smallest absolute Gasteiger partial charge is 0.250 e. The Labute approximate surface area is 113 Å². The molecule has 4 nitrogen and oxygen atoms in total. The van der Waals surface area contributed by atoms with E-state index in [1.54, 1.807) is 0 Å². The fraction of sp³-hybridized carbons (Fsp3) is 0.600. The molecule has 19 heavy (non-hydrogen) atoms. The van der Waals surface area contributed by atoms with Crippen LogP contribution in [0.5, 0.6) is 0 Å². The largest absolute Gasteiger partial charge is 0.303 e. The van der Waals surface area contributed by atoms with Gasteiger partial charge < -0.3 is 5.32 Å². The predicted octanol–water partition coefficient (Wildman–Crippen LogP) is 1.39. The molecular weight excluding hydrogens is 240 g/mol. The summed E-state index contributed by atoms with van der Waals surface area (Å²) in [6, 6.07) is 0. The summed E-state index contributed by atoms with van der Waals surface area (Å²) in [5.41, 5.74) is 0.407. The fourth-order valence-corrected chi connectivity index (χ4v) is 3.35. The highest BCUT2D eigenvalue weighted by Crippen LogP contribution is 2.36. The normalized spacial score (nSPS) is 34.5. The molecule has 1 N–H and O–H groups in total. The number of amides is 2. The molecule has 1 aliphatic carbocycles. The van der Waals surface area contributed by atoms with Gasteiger partial charge in [0.05, 0.1) is 12.5 Å². The Kier molecular flexibility index (Phi) is 3.05. The number of fused-ring (bicyclic) bond motifs is 1. The number of likely N-dealkylation sites (tertiary alicyclic amines) is 1. The van der Waals surface area contributed by atoms with Gasteiger partial charge in [-0.15, -0.1) is 0 Å². The summed E-state index contributed by atoms with van der Waals surface area (Å²) in [6.45, 7) is 3.13. The first-order valence-electron chi connectivity index (χ1n) is 7.09. The molecule has 2 unspecified atom stereocenters. The van der Waals surface area contributed by atoms with Crippen molar-refractivity contribution >= 4 is 11.8 Å². The summed E-state index contributed by atoms with van der Waals surface area (Å²) in [5.74, 6) is -0.233. The van der Waals surface area contributed by atoms with E-state index in [1.165, 1.54) is 4.90 Å². The maximum Gasteiger partial charge on any atom is 0.250 e. The monoisotopic (exact) mass is 260 g/mol. The molecule has 0 saturated carbocycles. The average molecular weight is 260 g/mol. The van der Waals surface area contributed by atoms with E-state index in [9.17, 15) is 9.59 Å². The van der Waals surface area contributed by atoms with Crippen molar-refractivity contribution in [2.75, 3.05) is 13.1 Å². The number of carbonyl (C=O) groups excluding carboxylic acids is 2. The predicted molar refractivity (Wildman–Crippen MR) is 72.3 cm³/mol. The van der Waals surface area contributed by atoms with Crippen molar-refractivity contribution in [3.05, 3.63) is 23.8 Å². The fourth-order valence-electron chi connectivity index (χ4n) is 3.35. The van der Waals surface area contributed by atoms with Gasteiger partial charge in [-0.2, -0.15) is 0 Å². The average Bonchev–Trinajstić information content (AvgIpc) is 2.62. The molecule has 0 aromatic heterocycles. The number of hydrogen-bond donors (Lipinski definition) is 1. The molecule has 4 heteroatoms. The minimum atomic E-state index is -0.672. The van der Waals surface area contributed by atoms with Crippen LogP contribution in [0.3, 0.4) is 0 Å². The van der Waals surface area contributed by atoms with Gasteiger partial charge in [0, 0.05) is 0 Å². The lowest BCUT2D eigenvalue weighted by Gasteiger charge is -2.32. The molecule has 2 fully saturated rings. The van der Waals surface area contributed by atoms with Gasteiger partial charge in [-0.25, -0.2) is 0 Å². The van der Waals surface area contributed by atoms with Crippen LogP contribution in [0, 0.1) is 5.92 Å². The Morgan fingerprint density at radius 2 is 2.26 bits per heavy atom. The van der Waals surface area contributed by atoms with E-state index in [-0.39, 0.29) is 17.7 Å². The van der Waals surface area contributed by atoms with Gasteiger partial charge in [-0.1, -0.05) is 18.2 Å². The zero-order chi connectivity index (χ0) is 13.5. The molecule has 0 spiro atoms. The van der Waals surface area contributed by atoms with Crippen LogP contribution in [-0.2, 0) is 9.59 Å². The first kappa shape index (κ1) is 12.6. The van der Waals surface area contributed by atoms with E-state index in [4.69, 9.17) is 0 Å². The number of hydrogen-bond acceptors (Lipinski definition) is 3. The third-order valence-electron chi connectivity index (χ3n) is 4.52. The molecule has 102 valence electrons. The van der Waals surface area contributed by atoms with Crippen LogP contribution in [0.15, 0.2) is 23.8 Å². The Bertz CT molecular complexity index is 481. The molecule has 0 bridgehead atoms. The third kappa shape index (κ3) is 1.94. The number of imide groups is 1. The number of piperidine rings is 1. The second kappa shape index (κ2) is 4.60. The van der Waals surface area contributed by atoms with E-state index in [1.807, 2.05) is 13.0 Å². The van der Waals surface area contributed by atoms with Crippen molar-refractivity contribution in [1.82, 2.24) is 10.2 Å². The first-order chi connectivity index (χ1) is 9.13. The number of carbonyl (C=O) groups is 2. The first-order valence-corrected chi connectivity index (χ1v) is 7.09. The summed E-state index contributed by atoms with van der Waals surface area (Å²) >= 11 is 0. The maximum absolute atomic E-state index is 12.5. The second-order valence-corrected chi connectivity index (χ2v) is 5.81. The Hall–Kier alpha value is -1.42. The lowest BCUT2D eigenvalue weighted by Crippen LogP contribution is -2.55. The molecule has 2 heterocycles. The number of nitrogens with one attached hydrogen (secondary N) is 1. The van der Waals surface area contributed by atoms with Gasteiger partial charge in [0.25, 0.3) is 0 Å². The van der Waals surface area contributed by atoms with Crippen molar-refractivity contribution in [3.8, 4) is 0 Å². The van der Waals surface area contributed by atoms with Crippen molar-refractivity contribution in [1.29, 1.82) is 0 Å². The van der Waals surface area contributed by atoms with E-state index >= 15 is 0 Å². The van der Waals surface area contributed by atoms with Crippen molar-refractivity contribution < 1.29 is 9.59 Å². The number of nitrogens with zero attached hydrogens (tertiary/aromatic N) is 1. The van der Waals surface area contributed by atoms with Gasteiger partial charge >= 0.3 is 0 Å². The zero-order valence-corrected chi connectivity index (χ0v) is 11.3. The lowest BCUT2D eigenvalue weighted by atomic mass is 9.81. The van der Waals surface area contributed by atoms with Gasteiger partial charge in [0.1, 0.15) is 5.54 Å². The maximum atomic E-state index is 12.5. The summed E-state index contributed by atoms with van der Waals surface area (Å²) in [7, 11) is 0. The van der Waals surface area contributed by atoms with E-state index < -0.39 is 5.54 Å². The van der Waals surface area contributed by atoms with E-state index in [0.717, 1.165) is 37.8 Å². The van der Waals surface area contributed by atoms with Gasteiger partial charge in [-0.3, -0.25) is 14.5 Å². The number of allylic oxidation sites excluding steroid dienone is 2. The molecule has 0 aromatic rings. The minimum absolute atomic E-state index is 0.000395. The molecule has 2 amide bonds. The molecule has 3 aliphatic rings. The zero-order valence-electron chi connectivity index (χ0n) is 11.3.